The molecule has 1 amide bonds. The first-order valence-electron chi connectivity index (χ1n) is 32.7. The van der Waals surface area contributed by atoms with Crippen molar-refractivity contribution in [2.75, 3.05) is 19.8 Å². The largest absolute Gasteiger partial charge is 0.394 e. The summed E-state index contributed by atoms with van der Waals surface area (Å²) in [5, 5.41) is 87.3. The lowest BCUT2D eigenvalue weighted by Gasteiger charge is -2.46. The van der Waals surface area contributed by atoms with E-state index in [9.17, 15) is 45.6 Å². The van der Waals surface area contributed by atoms with E-state index in [-0.39, 0.29) is 18.9 Å². The van der Waals surface area contributed by atoms with Gasteiger partial charge in [0.2, 0.25) is 5.91 Å². The number of ether oxygens (including phenoxy) is 4. The van der Waals surface area contributed by atoms with Crippen LogP contribution in [0.1, 0.15) is 251 Å². The fraction of sp³-hybridized carbons (Fsp3) is 0.806. The van der Waals surface area contributed by atoms with Gasteiger partial charge in [-0.15, -0.1) is 0 Å². The van der Waals surface area contributed by atoms with Crippen LogP contribution < -0.4 is 5.32 Å². The topological polar surface area (TPSA) is 228 Å². The third-order valence-electron chi connectivity index (χ3n) is 15.6. The summed E-state index contributed by atoms with van der Waals surface area (Å²) in [5.74, 6) is -0.246. The Morgan fingerprint density at radius 1 is 0.457 bits per heavy atom. The number of nitrogens with one attached hydrogen (secondary N) is 1. The molecule has 0 spiro atoms. The SMILES string of the molecule is CC/C=C\C/C=C\C/C=C\C/C=C\C/C=C\CCCCCCCCCCCC(=O)NC(COC1OC(CO)C(OC2OC(CO)C(O)C(O)C2O)C(O)C1O)C(O)/C=C/CCCCCCCCCCCCCCCCCCCCCC. The molecule has 470 valence electrons. The highest BCUT2D eigenvalue weighted by molar-refractivity contribution is 5.76. The van der Waals surface area contributed by atoms with E-state index in [4.69, 9.17) is 18.9 Å². The second-order valence-electron chi connectivity index (χ2n) is 22.9. The van der Waals surface area contributed by atoms with Crippen LogP contribution in [-0.4, -0.2) is 140 Å². The van der Waals surface area contributed by atoms with Crippen LogP contribution in [0.5, 0.6) is 0 Å². The van der Waals surface area contributed by atoms with Crippen LogP contribution in [0.4, 0.5) is 0 Å². The predicted octanol–water partition coefficient (Wildman–Crippen LogP) is 12.3. The summed E-state index contributed by atoms with van der Waals surface area (Å²) < 4.78 is 22.8. The van der Waals surface area contributed by atoms with E-state index in [1.54, 1.807) is 6.08 Å². The van der Waals surface area contributed by atoms with Crippen LogP contribution in [0.25, 0.3) is 0 Å². The third kappa shape index (κ3) is 36.8. The van der Waals surface area contributed by atoms with E-state index < -0.39 is 86.8 Å². The van der Waals surface area contributed by atoms with Gasteiger partial charge < -0.3 is 65.1 Å². The van der Waals surface area contributed by atoms with Crippen LogP contribution >= 0.6 is 0 Å². The van der Waals surface area contributed by atoms with Gasteiger partial charge in [-0.3, -0.25) is 4.79 Å². The molecule has 14 nitrogen and oxygen atoms in total. The normalized spacial score (nSPS) is 24.6. The van der Waals surface area contributed by atoms with Crippen molar-refractivity contribution >= 4 is 5.91 Å². The molecule has 2 rings (SSSR count). The molecule has 0 bridgehead atoms. The number of carbonyl (C=O) groups is 1. The van der Waals surface area contributed by atoms with Crippen LogP contribution in [0.2, 0.25) is 0 Å². The number of aliphatic hydroxyl groups excluding tert-OH is 8. The van der Waals surface area contributed by atoms with Gasteiger partial charge in [0.05, 0.1) is 32.0 Å². The Balaban J connectivity index is 1.73. The van der Waals surface area contributed by atoms with E-state index in [1.165, 1.54) is 148 Å². The summed E-state index contributed by atoms with van der Waals surface area (Å²) in [4.78, 5) is 13.3. The Morgan fingerprint density at radius 2 is 0.852 bits per heavy atom. The Morgan fingerprint density at radius 3 is 1.31 bits per heavy atom. The third-order valence-corrected chi connectivity index (χ3v) is 15.6. The Labute approximate surface area is 491 Å². The minimum atomic E-state index is -1.79. The fourth-order valence-corrected chi connectivity index (χ4v) is 10.4. The summed E-state index contributed by atoms with van der Waals surface area (Å²) in [5.41, 5.74) is 0. The molecule has 9 N–H and O–H groups in total. The number of allylic oxidation sites excluding steroid dienone is 11. The van der Waals surface area contributed by atoms with Gasteiger partial charge in [-0.2, -0.15) is 0 Å². The molecule has 81 heavy (non-hydrogen) atoms. The number of aliphatic hydroxyl groups is 8. The van der Waals surface area contributed by atoms with Crippen LogP contribution in [0.15, 0.2) is 72.9 Å². The van der Waals surface area contributed by atoms with Crippen molar-refractivity contribution in [1.29, 1.82) is 0 Å². The molecular formula is C67H119NO13. The summed E-state index contributed by atoms with van der Waals surface area (Å²) in [6.07, 6.45) is 52.2. The Bertz CT molecular complexity index is 1630. The minimum absolute atomic E-state index is 0.246. The van der Waals surface area contributed by atoms with E-state index >= 15 is 0 Å². The second-order valence-corrected chi connectivity index (χ2v) is 22.9. The Hall–Kier alpha value is -2.57. The average Bonchev–Trinajstić information content (AvgIpc) is 3.47. The summed E-state index contributed by atoms with van der Waals surface area (Å²) in [6.45, 7) is 2.70. The zero-order valence-corrected chi connectivity index (χ0v) is 50.8. The molecule has 0 saturated carbocycles. The summed E-state index contributed by atoms with van der Waals surface area (Å²) >= 11 is 0. The number of rotatable bonds is 52. The van der Waals surface area contributed by atoms with Crippen molar-refractivity contribution in [2.24, 2.45) is 0 Å². The van der Waals surface area contributed by atoms with Gasteiger partial charge in [-0.25, -0.2) is 0 Å². The van der Waals surface area contributed by atoms with Crippen molar-refractivity contribution in [2.45, 2.75) is 325 Å². The minimum Gasteiger partial charge on any atom is -0.394 e. The zero-order chi connectivity index (χ0) is 58.8. The van der Waals surface area contributed by atoms with Crippen molar-refractivity contribution in [3.63, 3.8) is 0 Å². The molecule has 0 aromatic heterocycles. The second kappa shape index (κ2) is 51.8. The smallest absolute Gasteiger partial charge is 0.220 e. The number of amides is 1. The quantitative estimate of drug-likeness (QED) is 0.0204. The van der Waals surface area contributed by atoms with Crippen LogP contribution in [0, 0.1) is 0 Å². The van der Waals surface area contributed by atoms with E-state index in [0.29, 0.717) is 6.42 Å². The molecule has 2 fully saturated rings. The van der Waals surface area contributed by atoms with E-state index in [0.717, 1.165) is 77.0 Å². The standard InChI is InChI=1S/C67H119NO13/c1-3-5-7-9-11-13-15-17-19-21-23-25-27-28-29-31-33-35-37-39-41-43-45-47-49-51-59(72)68-55(54-78-66-64(77)62(75)65(58(53-70)80-66)81-67-63(76)61(74)60(73)57(52-69)79-67)56(71)50-48-46-44-42-40-38-36-34-32-30-26-24-22-20-18-16-14-12-10-8-6-4-2/h5,7,11,13,17,19,23,25,28-29,48,50,55-58,60-67,69-71,73-77H,3-4,6,8-10,12,14-16,18,20-22,24,26-27,30-47,49,51-54H2,1-2H3,(H,68,72)/b7-5-,13-11-,19-17-,25-23-,29-28-,50-48+. The molecule has 2 heterocycles. The van der Waals surface area contributed by atoms with Crippen LogP contribution in [-0.2, 0) is 23.7 Å². The number of hydrogen-bond donors (Lipinski definition) is 9. The van der Waals surface area contributed by atoms with Gasteiger partial charge >= 0.3 is 0 Å². The van der Waals surface area contributed by atoms with Crippen LogP contribution in [0.3, 0.4) is 0 Å². The molecule has 14 heteroatoms. The first-order chi connectivity index (χ1) is 39.6. The lowest BCUT2D eigenvalue weighted by Crippen LogP contribution is -2.65. The maximum atomic E-state index is 13.3. The first kappa shape index (κ1) is 74.5. The predicted molar refractivity (Wildman–Crippen MR) is 327 cm³/mol. The van der Waals surface area contributed by atoms with Gasteiger partial charge in [0, 0.05) is 6.42 Å². The molecule has 2 aliphatic rings. The summed E-state index contributed by atoms with van der Waals surface area (Å²) in [7, 11) is 0. The maximum absolute atomic E-state index is 13.3. The first-order valence-corrected chi connectivity index (χ1v) is 32.7. The monoisotopic (exact) mass is 1150 g/mol. The van der Waals surface area contributed by atoms with Gasteiger partial charge in [0.25, 0.3) is 0 Å². The number of unbranched alkanes of at least 4 members (excludes halogenated alkanes) is 29. The highest BCUT2D eigenvalue weighted by atomic mass is 16.7. The summed E-state index contributed by atoms with van der Waals surface area (Å²) in [6, 6.07) is -0.923. The number of hydrogen-bond acceptors (Lipinski definition) is 13. The van der Waals surface area contributed by atoms with E-state index in [2.05, 4.69) is 79.9 Å². The molecule has 0 aromatic carbocycles. The van der Waals surface area contributed by atoms with Gasteiger partial charge in [0.15, 0.2) is 12.6 Å². The molecule has 2 saturated heterocycles. The van der Waals surface area contributed by atoms with Gasteiger partial charge in [0.1, 0.15) is 48.8 Å². The molecule has 2 aliphatic heterocycles. The zero-order valence-electron chi connectivity index (χ0n) is 50.8. The van der Waals surface area contributed by atoms with Crippen molar-refractivity contribution in [1.82, 2.24) is 5.32 Å². The van der Waals surface area contributed by atoms with Crippen molar-refractivity contribution in [3.05, 3.63) is 72.9 Å². The molecule has 12 unspecified atom stereocenters. The van der Waals surface area contributed by atoms with Gasteiger partial charge in [-0.05, 0) is 64.2 Å². The van der Waals surface area contributed by atoms with Gasteiger partial charge in [-0.1, -0.05) is 254 Å². The fourth-order valence-electron chi connectivity index (χ4n) is 10.4. The molecular weight excluding hydrogens is 1030 g/mol. The Kier molecular flexibility index (Phi) is 47.7. The lowest BCUT2D eigenvalue weighted by atomic mass is 9.97. The van der Waals surface area contributed by atoms with Crippen molar-refractivity contribution < 1.29 is 64.6 Å². The molecule has 0 aliphatic carbocycles. The lowest BCUT2D eigenvalue weighted by molar-refractivity contribution is -0.359. The molecule has 0 aromatic rings. The van der Waals surface area contributed by atoms with E-state index in [1.807, 2.05) is 6.08 Å². The maximum Gasteiger partial charge on any atom is 0.220 e. The van der Waals surface area contributed by atoms with Crippen molar-refractivity contribution in [3.8, 4) is 0 Å². The number of carbonyl (C=O) groups excluding carboxylic acids is 1. The molecule has 12 atom stereocenters. The average molecular weight is 1150 g/mol. The highest BCUT2D eigenvalue weighted by Crippen LogP contribution is 2.30. The molecule has 0 radical (unpaired) electrons. The highest BCUT2D eigenvalue weighted by Gasteiger charge is 2.51.